The summed E-state index contributed by atoms with van der Waals surface area (Å²) in [5.41, 5.74) is 2.91. The van der Waals surface area contributed by atoms with Gasteiger partial charge < -0.3 is 14.8 Å². The van der Waals surface area contributed by atoms with Crippen LogP contribution in [0.1, 0.15) is 21.5 Å². The predicted molar refractivity (Wildman–Crippen MR) is 127 cm³/mol. The van der Waals surface area contributed by atoms with Crippen molar-refractivity contribution in [3.63, 3.8) is 0 Å². The van der Waals surface area contributed by atoms with Crippen LogP contribution < -0.4 is 19.1 Å². The summed E-state index contributed by atoms with van der Waals surface area (Å²) in [7, 11) is -3.51. The first-order valence-electron chi connectivity index (χ1n) is 10.6. The number of aryl methyl sites for hydroxylation is 1. The molecule has 33 heavy (non-hydrogen) atoms. The lowest BCUT2D eigenvalue weighted by Gasteiger charge is -2.26. The summed E-state index contributed by atoms with van der Waals surface area (Å²) >= 11 is 0. The van der Waals surface area contributed by atoms with Crippen LogP contribution in [0.3, 0.4) is 0 Å². The van der Waals surface area contributed by atoms with E-state index in [0.717, 1.165) is 11.1 Å². The van der Waals surface area contributed by atoms with Crippen LogP contribution >= 0.6 is 0 Å². The number of amides is 1. The van der Waals surface area contributed by atoms with Crippen molar-refractivity contribution in [3.05, 3.63) is 89.5 Å². The monoisotopic (exact) mass is 466 g/mol. The van der Waals surface area contributed by atoms with Gasteiger partial charge in [0.25, 0.3) is 5.91 Å². The van der Waals surface area contributed by atoms with Gasteiger partial charge in [0.05, 0.1) is 25.0 Å². The number of fused-ring (bicyclic) bond motifs is 1. The lowest BCUT2D eigenvalue weighted by Crippen LogP contribution is -2.40. The average Bonchev–Trinajstić information content (AvgIpc) is 2.81. The van der Waals surface area contributed by atoms with E-state index in [1.54, 1.807) is 24.3 Å². The van der Waals surface area contributed by atoms with Crippen LogP contribution in [0.4, 0.5) is 5.69 Å². The van der Waals surface area contributed by atoms with Gasteiger partial charge in [-0.2, -0.15) is 0 Å². The molecule has 4 rings (SSSR count). The van der Waals surface area contributed by atoms with E-state index in [4.69, 9.17) is 9.47 Å². The Bertz CT molecular complexity index is 1220. The van der Waals surface area contributed by atoms with E-state index >= 15 is 0 Å². The molecule has 1 aliphatic heterocycles. The summed E-state index contributed by atoms with van der Waals surface area (Å²) in [6.45, 7) is 2.83. The quantitative estimate of drug-likeness (QED) is 0.576. The second-order valence-corrected chi connectivity index (χ2v) is 9.92. The number of para-hydroxylation sites is 2. The zero-order valence-electron chi connectivity index (χ0n) is 18.5. The minimum atomic E-state index is -3.51. The van der Waals surface area contributed by atoms with Crippen molar-refractivity contribution >= 4 is 21.6 Å². The van der Waals surface area contributed by atoms with Crippen LogP contribution in [0.15, 0.2) is 72.8 Å². The first-order chi connectivity index (χ1) is 15.8. The molecule has 1 aliphatic rings. The smallest absolute Gasteiger partial charge is 0.251 e. The largest absolute Gasteiger partial charge is 0.486 e. The fraction of sp³-hybridized carbons (Fsp3) is 0.240. The molecule has 3 aromatic rings. The molecule has 3 aromatic carbocycles. The fourth-order valence-electron chi connectivity index (χ4n) is 3.51. The molecule has 1 atom stereocenters. The number of carbonyl (C=O) groups excluding carboxylic acids is 1. The van der Waals surface area contributed by atoms with Crippen molar-refractivity contribution in [1.29, 1.82) is 0 Å². The van der Waals surface area contributed by atoms with Gasteiger partial charge in [-0.1, -0.05) is 42.0 Å². The standard InChI is InChI=1S/C25H26N2O5S/c1-18-7-9-19(10-8-18)16-27(33(2,29)30)21-13-11-20(12-14-21)25(28)26-15-22-17-31-23-5-3-4-6-24(23)32-22/h3-14,22H,15-17H2,1-2H3,(H,26,28)/t22-/m1/s1. The zero-order valence-corrected chi connectivity index (χ0v) is 19.3. The number of anilines is 1. The number of nitrogens with zero attached hydrogens (tertiary/aromatic N) is 1. The van der Waals surface area contributed by atoms with E-state index in [1.165, 1.54) is 10.6 Å². The van der Waals surface area contributed by atoms with Crippen molar-refractivity contribution in [2.24, 2.45) is 0 Å². The summed E-state index contributed by atoms with van der Waals surface area (Å²) in [5.74, 6) is 1.08. The molecule has 0 fully saturated rings. The van der Waals surface area contributed by atoms with E-state index in [0.29, 0.717) is 29.4 Å². The summed E-state index contributed by atoms with van der Waals surface area (Å²) in [4.78, 5) is 12.6. The number of hydrogen-bond donors (Lipinski definition) is 1. The maximum Gasteiger partial charge on any atom is 0.251 e. The molecular weight excluding hydrogens is 440 g/mol. The third-order valence-electron chi connectivity index (χ3n) is 5.32. The third-order valence-corrected chi connectivity index (χ3v) is 6.46. The van der Waals surface area contributed by atoms with Crippen LogP contribution in [0.2, 0.25) is 0 Å². The summed E-state index contributed by atoms with van der Waals surface area (Å²) in [6, 6.07) is 21.6. The van der Waals surface area contributed by atoms with Gasteiger partial charge in [0, 0.05) is 5.56 Å². The average molecular weight is 467 g/mol. The van der Waals surface area contributed by atoms with E-state index < -0.39 is 10.0 Å². The number of rotatable bonds is 7. The number of hydrogen-bond acceptors (Lipinski definition) is 5. The van der Waals surface area contributed by atoms with E-state index in [-0.39, 0.29) is 25.1 Å². The molecule has 0 unspecified atom stereocenters. The van der Waals surface area contributed by atoms with Crippen molar-refractivity contribution in [2.45, 2.75) is 19.6 Å². The van der Waals surface area contributed by atoms with Crippen molar-refractivity contribution < 1.29 is 22.7 Å². The Morgan fingerprint density at radius 1 is 1.00 bits per heavy atom. The molecule has 0 radical (unpaired) electrons. The highest BCUT2D eigenvalue weighted by atomic mass is 32.2. The number of carbonyl (C=O) groups is 1. The first-order valence-corrected chi connectivity index (χ1v) is 12.4. The highest BCUT2D eigenvalue weighted by Crippen LogP contribution is 2.30. The molecule has 1 heterocycles. The van der Waals surface area contributed by atoms with Crippen LogP contribution in [0.25, 0.3) is 0 Å². The molecular formula is C25H26N2O5S. The normalized spacial score (nSPS) is 15.0. The molecule has 0 saturated carbocycles. The van der Waals surface area contributed by atoms with Gasteiger partial charge in [-0.25, -0.2) is 8.42 Å². The summed E-state index contributed by atoms with van der Waals surface area (Å²) < 4.78 is 37.7. The number of benzene rings is 3. The molecule has 0 aliphatic carbocycles. The van der Waals surface area contributed by atoms with Crippen molar-refractivity contribution in [2.75, 3.05) is 23.7 Å². The number of sulfonamides is 1. The second-order valence-electron chi connectivity index (χ2n) is 8.01. The van der Waals surface area contributed by atoms with Crippen LogP contribution in [0, 0.1) is 6.92 Å². The minimum absolute atomic E-state index is 0.213. The van der Waals surface area contributed by atoms with Crippen molar-refractivity contribution in [3.8, 4) is 11.5 Å². The Morgan fingerprint density at radius 3 is 2.33 bits per heavy atom. The molecule has 0 spiro atoms. The second kappa shape index (κ2) is 9.54. The van der Waals surface area contributed by atoms with Crippen LogP contribution in [-0.2, 0) is 16.6 Å². The molecule has 0 saturated heterocycles. The molecule has 0 aromatic heterocycles. The predicted octanol–water partition coefficient (Wildman–Crippen LogP) is 3.53. The van der Waals surface area contributed by atoms with E-state index in [1.807, 2.05) is 55.5 Å². The maximum absolute atomic E-state index is 12.6. The topological polar surface area (TPSA) is 84.9 Å². The molecule has 1 amide bonds. The Kier molecular flexibility index (Phi) is 6.55. The Morgan fingerprint density at radius 2 is 1.67 bits per heavy atom. The molecule has 0 bridgehead atoms. The van der Waals surface area contributed by atoms with Gasteiger partial charge >= 0.3 is 0 Å². The number of nitrogens with one attached hydrogen (secondary N) is 1. The highest BCUT2D eigenvalue weighted by Gasteiger charge is 2.22. The molecule has 8 heteroatoms. The minimum Gasteiger partial charge on any atom is -0.486 e. The summed E-state index contributed by atoms with van der Waals surface area (Å²) in [5, 5.41) is 2.85. The van der Waals surface area contributed by atoms with Gasteiger partial charge in [-0.3, -0.25) is 9.10 Å². The SMILES string of the molecule is Cc1ccc(CN(c2ccc(C(=O)NC[C@@H]3COc4ccccc4O3)cc2)S(C)(=O)=O)cc1. The van der Waals surface area contributed by atoms with Gasteiger partial charge in [-0.15, -0.1) is 0 Å². The Hall–Kier alpha value is -3.52. The molecule has 7 nitrogen and oxygen atoms in total. The first kappa shape index (κ1) is 22.7. The van der Waals surface area contributed by atoms with Gasteiger partial charge in [0.1, 0.15) is 12.7 Å². The Balaban J connectivity index is 1.40. The van der Waals surface area contributed by atoms with E-state index in [9.17, 15) is 13.2 Å². The van der Waals surface area contributed by atoms with Crippen LogP contribution in [-0.4, -0.2) is 39.8 Å². The third kappa shape index (κ3) is 5.64. The molecule has 1 N–H and O–H groups in total. The zero-order chi connectivity index (χ0) is 23.4. The van der Waals surface area contributed by atoms with Gasteiger partial charge in [0.15, 0.2) is 11.5 Å². The fourth-order valence-corrected chi connectivity index (χ4v) is 4.40. The van der Waals surface area contributed by atoms with Gasteiger partial charge in [-0.05, 0) is 48.9 Å². The number of ether oxygens (including phenoxy) is 2. The van der Waals surface area contributed by atoms with Gasteiger partial charge in [0.2, 0.25) is 10.0 Å². The highest BCUT2D eigenvalue weighted by molar-refractivity contribution is 7.92. The lowest BCUT2D eigenvalue weighted by atomic mass is 10.1. The Labute approximate surface area is 194 Å². The van der Waals surface area contributed by atoms with E-state index in [2.05, 4.69) is 5.32 Å². The summed E-state index contributed by atoms with van der Waals surface area (Å²) in [6.07, 6.45) is 0.880. The van der Waals surface area contributed by atoms with Crippen LogP contribution in [0.5, 0.6) is 11.5 Å². The van der Waals surface area contributed by atoms with Crippen molar-refractivity contribution in [1.82, 2.24) is 5.32 Å². The maximum atomic E-state index is 12.6. The lowest BCUT2D eigenvalue weighted by molar-refractivity contribution is 0.0789. The molecule has 172 valence electrons.